The zero-order valence-corrected chi connectivity index (χ0v) is 72.0. The summed E-state index contributed by atoms with van der Waals surface area (Å²) in [5.41, 5.74) is 0.175. The number of carbonyl (C=O) groups is 10. The molecule has 22 nitrogen and oxygen atoms in total. The van der Waals surface area contributed by atoms with Crippen LogP contribution in [0, 0.1) is 68.5 Å². The molecule has 103 heavy (non-hydrogen) atoms. The normalized spacial score (nSPS) is 21.3. The molecular formula is C74H116ClN4O18S5Zn-. The number of hydrogen-bond acceptors (Lipinski definition) is 21. The number of aliphatic imine (C=N–C) groups is 1. The average molecular weight is 1610 g/mol. The van der Waals surface area contributed by atoms with Crippen molar-refractivity contribution in [3.8, 4) is 0 Å². The number of alkyl halides is 1. The second-order valence-electron chi connectivity index (χ2n) is 32.3. The molecule has 2 amide bonds. The number of carboxylic acids is 2. The molecule has 3 aliphatic rings. The van der Waals surface area contributed by atoms with Crippen molar-refractivity contribution >= 4 is 151 Å². The molecule has 1 aromatic rings. The number of anilines is 1. The Bertz CT molecular complexity index is 3030. The maximum absolute atomic E-state index is 15.3. The number of ether oxygens (including phenoxy) is 6. The fourth-order valence-electron chi connectivity index (χ4n) is 13.4. The summed E-state index contributed by atoms with van der Waals surface area (Å²) in [6.45, 7) is 37.4. The molecule has 5 atom stereocenters. The van der Waals surface area contributed by atoms with Crippen molar-refractivity contribution in [1.82, 2.24) is 4.98 Å². The Balaban J connectivity index is 0.00000117. The average Bonchev–Trinajstić information content (AvgIpc) is 1.74. The minimum atomic E-state index is -1.28. The number of unbranched alkanes of at least 4 members (excludes halogenated alkanes) is 2. The van der Waals surface area contributed by atoms with E-state index in [0.717, 1.165) is 37.4 Å². The van der Waals surface area contributed by atoms with Crippen molar-refractivity contribution in [3.05, 3.63) is 39.0 Å². The van der Waals surface area contributed by atoms with E-state index in [9.17, 15) is 48.6 Å². The van der Waals surface area contributed by atoms with Crippen LogP contribution in [0.3, 0.4) is 0 Å². The SMILES string of the molecule is CC1CC(C(C)(C)C)C(OC(=O)C2=C(C(C)C)C(=Cc3[nH]c(NC(=O)CCCCSC(CC(=O)O)C(=O)O)c(C(=O)OC4C(C(C)(C)C)CC(C)CC4C(C)(C)C)c3C(C)C)[N-]C2=NC(=O)CCCCCl)C(C(C)(C)C)C1.O=C(CS)OCC(COC(=O)CS)(COC(=O)CS)COC(=O)CS.[Zn]. The first-order chi connectivity index (χ1) is 47.3. The van der Waals surface area contributed by atoms with Gasteiger partial charge in [-0.2, -0.15) is 50.5 Å². The molecule has 0 radical (unpaired) electrons. The molecule has 0 bridgehead atoms. The Labute approximate surface area is 655 Å². The van der Waals surface area contributed by atoms with Crippen LogP contribution in [0.5, 0.6) is 0 Å². The number of aliphatic carboxylic acids is 2. The summed E-state index contributed by atoms with van der Waals surface area (Å²) in [6, 6.07) is 0. The van der Waals surface area contributed by atoms with Gasteiger partial charge in [0.2, 0.25) is 5.91 Å². The largest absolute Gasteiger partial charge is 0.481 e. The maximum Gasteiger partial charge on any atom is 0.342 e. The number of thiol groups is 4. The van der Waals surface area contributed by atoms with Crippen molar-refractivity contribution in [1.29, 1.82) is 0 Å². The molecular weight excluding hydrogens is 1490 g/mol. The number of nitrogens with one attached hydrogen (secondary N) is 2. The molecule has 5 unspecified atom stereocenters. The van der Waals surface area contributed by atoms with E-state index in [-0.39, 0.29) is 162 Å². The number of amidine groups is 1. The van der Waals surface area contributed by atoms with Crippen molar-refractivity contribution in [2.45, 2.75) is 219 Å². The number of aromatic nitrogens is 1. The van der Waals surface area contributed by atoms with E-state index in [2.05, 4.69) is 163 Å². The van der Waals surface area contributed by atoms with Crippen LogP contribution < -0.4 is 5.32 Å². The minimum Gasteiger partial charge on any atom is -0.481 e. The number of rotatable bonds is 33. The third kappa shape index (κ3) is 30.1. The van der Waals surface area contributed by atoms with E-state index in [1.807, 2.05) is 27.7 Å². The zero-order chi connectivity index (χ0) is 77.6. The number of thioether (sulfide) groups is 1. The molecule has 1 aromatic heterocycles. The number of nitrogens with zero attached hydrogens (tertiary/aromatic N) is 2. The van der Waals surface area contributed by atoms with Crippen LogP contribution >= 0.6 is 73.9 Å². The van der Waals surface area contributed by atoms with Crippen LogP contribution in [0.15, 0.2) is 21.8 Å². The van der Waals surface area contributed by atoms with Crippen LogP contribution in [-0.2, 0) is 91.0 Å². The summed E-state index contributed by atoms with van der Waals surface area (Å²) in [6.07, 6.45) is 6.03. The number of esters is 6. The van der Waals surface area contributed by atoms with E-state index in [0.29, 0.717) is 71.7 Å². The molecule has 0 saturated heterocycles. The second kappa shape index (κ2) is 43.1. The van der Waals surface area contributed by atoms with Crippen LogP contribution in [0.25, 0.3) is 11.4 Å². The quantitative estimate of drug-likeness (QED) is 0.00809. The first-order valence-corrected chi connectivity index (χ1v) is 39.4. The third-order valence-corrected chi connectivity index (χ3v) is 21.3. The minimum absolute atomic E-state index is 0. The number of halogens is 1. The molecule has 1 aliphatic heterocycles. The Kier molecular flexibility index (Phi) is 39.7. The number of carboxylic acid groups (broad SMARTS) is 2. The van der Waals surface area contributed by atoms with Crippen LogP contribution in [0.1, 0.15) is 223 Å². The van der Waals surface area contributed by atoms with Crippen LogP contribution in [0.2, 0.25) is 0 Å². The molecule has 580 valence electrons. The van der Waals surface area contributed by atoms with E-state index in [4.69, 9.17) is 45.3 Å². The predicted molar refractivity (Wildman–Crippen MR) is 413 cm³/mol. The summed E-state index contributed by atoms with van der Waals surface area (Å²) in [4.78, 5) is 135. The molecule has 4 rings (SSSR count). The van der Waals surface area contributed by atoms with Gasteiger partial charge in [-0.15, -0.1) is 23.4 Å². The van der Waals surface area contributed by atoms with Gasteiger partial charge in [0.05, 0.1) is 35.0 Å². The van der Waals surface area contributed by atoms with Gasteiger partial charge >= 0.3 is 47.8 Å². The van der Waals surface area contributed by atoms with E-state index in [1.54, 1.807) is 6.08 Å². The van der Waals surface area contributed by atoms with Gasteiger partial charge in [0.25, 0.3) is 0 Å². The molecule has 2 aliphatic carbocycles. The standard InChI is InChI=1S/C61H97ClN4O10S.C13H20O8S4.Zn/c1-33(2)47-41(63-53(65-44(67)23-19-21-25-62)49(47)56(73)75-51-37(58(7,8)9)27-35(5)28-38(51)59(10,11)12)31-42-48(34(3)4)50(54(64-42)66-45(68)24-20-22-26-77-43(55(71)72)32-46(69)70)57(74)76-52-39(60(13,14)15)29-36(6)30-40(52)61(16,17)18;14-9(1-22)18-5-13(6-19-10(15)2-23,7-20-11(16)3-24)8-21-12(17)4-25;/h31,33-40,43,51-52H,19-30,32H2,1-18H3,(H5,63,64,65,66,67,68,69,70,71,72,73,74);22-25H,1-8H2;/p-1. The van der Waals surface area contributed by atoms with Crippen LogP contribution in [0.4, 0.5) is 5.82 Å². The summed E-state index contributed by atoms with van der Waals surface area (Å²) in [5.74, 6) is -6.49. The number of amides is 2. The van der Waals surface area contributed by atoms with Crippen molar-refractivity contribution in [3.63, 3.8) is 0 Å². The van der Waals surface area contributed by atoms with Gasteiger partial charge in [0, 0.05) is 67.6 Å². The smallest absolute Gasteiger partial charge is 0.342 e. The molecule has 4 N–H and O–H groups in total. The number of H-pyrrole nitrogens is 1. The predicted octanol–water partition coefficient (Wildman–Crippen LogP) is 14.7. The Morgan fingerprint density at radius 3 is 1.39 bits per heavy atom. The van der Waals surface area contributed by atoms with Crippen LogP contribution in [-0.4, -0.2) is 159 Å². The van der Waals surface area contributed by atoms with Crippen molar-refractivity contribution in [2.24, 2.45) is 73.5 Å². The van der Waals surface area contributed by atoms with Gasteiger partial charge in [-0.25, -0.2) is 9.59 Å². The van der Waals surface area contributed by atoms with Gasteiger partial charge in [0.15, 0.2) is 0 Å². The maximum atomic E-state index is 15.3. The summed E-state index contributed by atoms with van der Waals surface area (Å²) in [7, 11) is 0. The van der Waals surface area contributed by atoms with Gasteiger partial charge < -0.3 is 59.2 Å². The van der Waals surface area contributed by atoms with E-state index >= 15 is 9.59 Å². The van der Waals surface area contributed by atoms with Crippen molar-refractivity contribution < 1.29 is 106 Å². The molecule has 2 saturated carbocycles. The Morgan fingerprint density at radius 1 is 0.621 bits per heavy atom. The third-order valence-electron chi connectivity index (χ3n) is 18.8. The fraction of sp³-hybridized carbons (Fsp3) is 0.743. The van der Waals surface area contributed by atoms with Crippen molar-refractivity contribution in [2.75, 3.05) is 66.4 Å². The molecule has 0 aromatic carbocycles. The van der Waals surface area contributed by atoms with E-state index < -0.39 is 88.9 Å². The first kappa shape index (κ1) is 94.9. The number of aromatic amines is 1. The summed E-state index contributed by atoms with van der Waals surface area (Å²) in [5, 5.41) is 25.6. The molecule has 29 heteroatoms. The van der Waals surface area contributed by atoms with Gasteiger partial charge in [-0.05, 0) is 131 Å². The second-order valence-corrected chi connectivity index (χ2v) is 35.2. The topological polar surface area (TPSA) is 321 Å². The number of hydrogen-bond donors (Lipinski definition) is 8. The molecule has 2 heterocycles. The van der Waals surface area contributed by atoms with Gasteiger partial charge in [0.1, 0.15) is 66.6 Å². The monoisotopic (exact) mass is 1610 g/mol. The molecule has 0 spiro atoms. The van der Waals surface area contributed by atoms with Gasteiger partial charge in [-0.1, -0.05) is 125 Å². The molecule has 2 fully saturated rings. The summed E-state index contributed by atoms with van der Waals surface area (Å²) < 4.78 is 33.7. The number of allylic oxidation sites excluding steroid dienone is 1. The number of carbonyl (C=O) groups excluding carboxylic acids is 8. The zero-order valence-electron chi connectivity index (χ0n) is 63.9. The van der Waals surface area contributed by atoms with E-state index in [1.165, 1.54) is 0 Å². The first-order valence-electron chi connectivity index (χ1n) is 35.2. The summed E-state index contributed by atoms with van der Waals surface area (Å²) >= 11 is 22.2. The Hall–Kier alpha value is -4.21. The van der Waals surface area contributed by atoms with Gasteiger partial charge in [-0.3, -0.25) is 38.4 Å². The fourth-order valence-corrected chi connectivity index (χ4v) is 15.0. The Morgan fingerprint density at radius 2 is 1.03 bits per heavy atom.